The van der Waals surface area contributed by atoms with Gasteiger partial charge >= 0.3 is 0 Å². The van der Waals surface area contributed by atoms with E-state index in [1.54, 1.807) is 0 Å². The van der Waals surface area contributed by atoms with Gasteiger partial charge in [-0.15, -0.1) is 0 Å². The monoisotopic (exact) mass is 191 g/mol. The molecule has 14 heavy (non-hydrogen) atoms. The van der Waals surface area contributed by atoms with Gasteiger partial charge in [0.15, 0.2) is 0 Å². The Balaban J connectivity index is 2.27. The fourth-order valence-corrected chi connectivity index (χ4v) is 1.12. The summed E-state index contributed by atoms with van der Waals surface area (Å²) in [6.07, 6.45) is 1.26. The molecule has 1 amide bonds. The van der Waals surface area contributed by atoms with E-state index in [4.69, 9.17) is 5.73 Å². The van der Waals surface area contributed by atoms with Crippen LogP contribution >= 0.6 is 0 Å². The molecule has 1 aromatic carbocycles. The lowest BCUT2D eigenvalue weighted by Gasteiger charge is -2.03. The van der Waals surface area contributed by atoms with Gasteiger partial charge in [-0.3, -0.25) is 4.79 Å². The van der Waals surface area contributed by atoms with Gasteiger partial charge in [0, 0.05) is 6.54 Å². The van der Waals surface area contributed by atoms with Crippen molar-refractivity contribution in [2.24, 2.45) is 5.73 Å². The molecule has 1 radical (unpaired) electrons. The summed E-state index contributed by atoms with van der Waals surface area (Å²) >= 11 is 0. The van der Waals surface area contributed by atoms with Gasteiger partial charge in [0.25, 0.3) is 0 Å². The number of carbonyl (C=O) groups excluding carboxylic acids is 1. The van der Waals surface area contributed by atoms with Crippen molar-refractivity contribution in [2.45, 2.75) is 12.8 Å². The Morgan fingerprint density at radius 2 is 2.14 bits per heavy atom. The highest BCUT2D eigenvalue weighted by molar-refractivity contribution is 5.78. The van der Waals surface area contributed by atoms with E-state index in [1.807, 2.05) is 24.3 Å². The molecule has 0 saturated heterocycles. The number of nitrogens with two attached hydrogens (primary N) is 1. The molecule has 0 aromatic heterocycles. The van der Waals surface area contributed by atoms with E-state index in [0.29, 0.717) is 19.5 Å². The molecule has 3 N–H and O–H groups in total. The van der Waals surface area contributed by atoms with Crippen LogP contribution in [0.15, 0.2) is 24.3 Å². The van der Waals surface area contributed by atoms with Crippen LogP contribution in [0.3, 0.4) is 0 Å². The van der Waals surface area contributed by atoms with Crippen molar-refractivity contribution in [3.63, 3.8) is 0 Å². The summed E-state index contributed by atoms with van der Waals surface area (Å²) in [7, 11) is 0. The van der Waals surface area contributed by atoms with Crippen molar-refractivity contribution in [2.75, 3.05) is 13.1 Å². The van der Waals surface area contributed by atoms with E-state index in [-0.39, 0.29) is 5.91 Å². The SMILES string of the molecule is NCCCNC(=O)Cc1cc[c]cc1. The Kier molecular flexibility index (Phi) is 4.72. The predicted molar refractivity (Wildman–Crippen MR) is 55.7 cm³/mol. The first-order valence-electron chi connectivity index (χ1n) is 4.74. The number of hydrogen-bond donors (Lipinski definition) is 2. The average Bonchev–Trinajstić information content (AvgIpc) is 2.20. The number of amides is 1. The second-order valence-corrected chi connectivity index (χ2v) is 3.08. The molecule has 0 aliphatic heterocycles. The smallest absolute Gasteiger partial charge is 0.224 e. The largest absolute Gasteiger partial charge is 0.356 e. The summed E-state index contributed by atoms with van der Waals surface area (Å²) in [4.78, 5) is 11.3. The maximum Gasteiger partial charge on any atom is 0.224 e. The lowest BCUT2D eigenvalue weighted by molar-refractivity contribution is -0.120. The van der Waals surface area contributed by atoms with E-state index < -0.39 is 0 Å². The molecule has 0 bridgehead atoms. The Bertz CT molecular complexity index is 272. The van der Waals surface area contributed by atoms with Crippen LogP contribution in [0.1, 0.15) is 12.0 Å². The van der Waals surface area contributed by atoms with E-state index in [2.05, 4.69) is 11.4 Å². The van der Waals surface area contributed by atoms with Crippen molar-refractivity contribution in [3.05, 3.63) is 35.9 Å². The second-order valence-electron chi connectivity index (χ2n) is 3.08. The standard InChI is InChI=1S/C11H15N2O/c12-7-4-8-13-11(14)9-10-5-2-1-3-6-10/h2-3,5-6H,4,7-9,12H2,(H,13,14). The number of benzene rings is 1. The van der Waals surface area contributed by atoms with Gasteiger partial charge < -0.3 is 11.1 Å². The number of carbonyl (C=O) groups is 1. The third-order valence-electron chi connectivity index (χ3n) is 1.86. The highest BCUT2D eigenvalue weighted by atomic mass is 16.1. The molecular formula is C11H15N2O. The Morgan fingerprint density at radius 3 is 2.79 bits per heavy atom. The van der Waals surface area contributed by atoms with Crippen LogP contribution in [0, 0.1) is 6.07 Å². The van der Waals surface area contributed by atoms with Crippen LogP contribution < -0.4 is 11.1 Å². The van der Waals surface area contributed by atoms with Gasteiger partial charge in [-0.25, -0.2) is 0 Å². The van der Waals surface area contributed by atoms with Crippen molar-refractivity contribution >= 4 is 5.91 Å². The summed E-state index contributed by atoms with van der Waals surface area (Å²) in [5.74, 6) is 0.0460. The van der Waals surface area contributed by atoms with Crippen LogP contribution in [-0.2, 0) is 11.2 Å². The molecule has 1 aromatic rings. The lowest BCUT2D eigenvalue weighted by Crippen LogP contribution is -2.27. The van der Waals surface area contributed by atoms with Gasteiger partial charge in [-0.1, -0.05) is 24.3 Å². The third-order valence-corrected chi connectivity index (χ3v) is 1.86. The molecule has 3 heteroatoms. The molecular weight excluding hydrogens is 176 g/mol. The zero-order valence-corrected chi connectivity index (χ0v) is 8.12. The van der Waals surface area contributed by atoms with E-state index in [1.165, 1.54) is 0 Å². The first kappa shape index (κ1) is 10.7. The first-order chi connectivity index (χ1) is 6.83. The van der Waals surface area contributed by atoms with E-state index in [0.717, 1.165) is 12.0 Å². The zero-order valence-electron chi connectivity index (χ0n) is 8.12. The van der Waals surface area contributed by atoms with Gasteiger partial charge in [0.1, 0.15) is 0 Å². The van der Waals surface area contributed by atoms with Crippen molar-refractivity contribution in [3.8, 4) is 0 Å². The van der Waals surface area contributed by atoms with Crippen LogP contribution in [0.25, 0.3) is 0 Å². The first-order valence-corrected chi connectivity index (χ1v) is 4.74. The molecule has 0 spiro atoms. The minimum Gasteiger partial charge on any atom is -0.356 e. The number of rotatable bonds is 5. The Morgan fingerprint density at radius 1 is 1.43 bits per heavy atom. The second kappa shape index (κ2) is 6.16. The average molecular weight is 191 g/mol. The van der Waals surface area contributed by atoms with Gasteiger partial charge in [0.2, 0.25) is 5.91 Å². The molecule has 0 aliphatic rings. The predicted octanol–water partition coefficient (Wildman–Crippen LogP) is 0.494. The molecule has 75 valence electrons. The van der Waals surface area contributed by atoms with Gasteiger partial charge in [-0.2, -0.15) is 0 Å². The molecule has 3 nitrogen and oxygen atoms in total. The molecule has 0 atom stereocenters. The molecule has 0 aliphatic carbocycles. The Labute approximate surface area is 84.3 Å². The van der Waals surface area contributed by atoms with Crippen LogP contribution in [0.4, 0.5) is 0 Å². The summed E-state index contributed by atoms with van der Waals surface area (Å²) < 4.78 is 0. The van der Waals surface area contributed by atoms with Crippen LogP contribution in [-0.4, -0.2) is 19.0 Å². The lowest BCUT2D eigenvalue weighted by atomic mass is 10.1. The summed E-state index contributed by atoms with van der Waals surface area (Å²) in [6, 6.07) is 10.3. The fourth-order valence-electron chi connectivity index (χ4n) is 1.12. The van der Waals surface area contributed by atoms with Crippen molar-refractivity contribution in [1.82, 2.24) is 5.32 Å². The topological polar surface area (TPSA) is 55.1 Å². The molecule has 1 rings (SSSR count). The quantitative estimate of drug-likeness (QED) is 0.666. The third kappa shape index (κ3) is 4.05. The zero-order chi connectivity index (χ0) is 10.2. The Hall–Kier alpha value is -1.35. The van der Waals surface area contributed by atoms with E-state index >= 15 is 0 Å². The van der Waals surface area contributed by atoms with Crippen LogP contribution in [0.2, 0.25) is 0 Å². The number of nitrogens with one attached hydrogen (secondary N) is 1. The van der Waals surface area contributed by atoms with E-state index in [9.17, 15) is 4.79 Å². The minimum atomic E-state index is 0.0460. The van der Waals surface area contributed by atoms with Gasteiger partial charge in [0.05, 0.1) is 6.42 Å². The normalized spacial score (nSPS) is 9.79. The fraction of sp³-hybridized carbons (Fsp3) is 0.364. The van der Waals surface area contributed by atoms with Crippen molar-refractivity contribution in [1.29, 1.82) is 0 Å². The summed E-state index contributed by atoms with van der Waals surface area (Å²) in [5.41, 5.74) is 6.32. The number of hydrogen-bond acceptors (Lipinski definition) is 2. The van der Waals surface area contributed by atoms with Crippen LogP contribution in [0.5, 0.6) is 0 Å². The molecule has 0 saturated carbocycles. The molecule has 0 heterocycles. The van der Waals surface area contributed by atoms with Gasteiger partial charge in [-0.05, 0) is 24.6 Å². The summed E-state index contributed by atoms with van der Waals surface area (Å²) in [6.45, 7) is 1.27. The molecule has 0 unspecified atom stereocenters. The highest BCUT2D eigenvalue weighted by Crippen LogP contribution is 1.98. The minimum absolute atomic E-state index is 0.0460. The molecule has 0 fully saturated rings. The highest BCUT2D eigenvalue weighted by Gasteiger charge is 2.00. The van der Waals surface area contributed by atoms with Crippen molar-refractivity contribution < 1.29 is 4.79 Å². The summed E-state index contributed by atoms with van der Waals surface area (Å²) in [5, 5.41) is 2.80. The maximum absolute atomic E-state index is 11.3. The maximum atomic E-state index is 11.3.